The van der Waals surface area contributed by atoms with Crippen LogP contribution in [0, 0.1) is 11.8 Å². The van der Waals surface area contributed by atoms with Crippen LogP contribution in [-0.2, 0) is 0 Å². The van der Waals surface area contributed by atoms with Crippen molar-refractivity contribution < 1.29 is 0 Å². The molecule has 0 radical (unpaired) electrons. The van der Waals surface area contributed by atoms with Gasteiger partial charge in [-0.25, -0.2) is 0 Å². The van der Waals surface area contributed by atoms with Gasteiger partial charge in [0.25, 0.3) is 0 Å². The minimum Gasteiger partial charge on any atom is -0.313 e. The summed E-state index contributed by atoms with van der Waals surface area (Å²) >= 11 is 0. The van der Waals surface area contributed by atoms with Crippen molar-refractivity contribution >= 4 is 0 Å². The summed E-state index contributed by atoms with van der Waals surface area (Å²) in [5, 5.41) is 3.62. The van der Waals surface area contributed by atoms with Crippen molar-refractivity contribution in [2.45, 2.75) is 77.2 Å². The zero-order chi connectivity index (χ0) is 12.8. The topological polar surface area (TPSA) is 12.0 Å². The molecule has 0 aromatic carbocycles. The van der Waals surface area contributed by atoms with E-state index >= 15 is 0 Å². The highest BCUT2D eigenvalue weighted by atomic mass is 14.9. The molecule has 0 spiro atoms. The highest BCUT2D eigenvalue weighted by molar-refractivity contribution is 5.15. The van der Waals surface area contributed by atoms with Crippen molar-refractivity contribution in [1.29, 1.82) is 0 Å². The van der Waals surface area contributed by atoms with Gasteiger partial charge in [0, 0.05) is 6.04 Å². The molecule has 18 heavy (non-hydrogen) atoms. The lowest BCUT2D eigenvalue weighted by molar-refractivity contribution is 0.229. The molecular formula is C17H31N. The first-order valence-corrected chi connectivity index (χ1v) is 8.21. The van der Waals surface area contributed by atoms with Crippen LogP contribution >= 0.6 is 0 Å². The van der Waals surface area contributed by atoms with E-state index in [4.69, 9.17) is 0 Å². The number of hydrogen-bond donors (Lipinski definition) is 1. The molecule has 1 atom stereocenters. The largest absolute Gasteiger partial charge is 0.313 e. The van der Waals surface area contributed by atoms with Crippen LogP contribution in [0.2, 0.25) is 0 Å². The summed E-state index contributed by atoms with van der Waals surface area (Å²) in [6.45, 7) is 2.33. The second-order valence-electron chi connectivity index (χ2n) is 6.36. The normalized spacial score (nSPS) is 30.9. The van der Waals surface area contributed by atoms with E-state index in [1.807, 2.05) is 0 Å². The minimum absolute atomic E-state index is 0.688. The summed E-state index contributed by atoms with van der Waals surface area (Å²) in [6, 6.07) is 0.688. The molecule has 2 aliphatic rings. The molecule has 104 valence electrons. The van der Waals surface area contributed by atoms with Crippen LogP contribution in [0.4, 0.5) is 0 Å². The maximum Gasteiger partial charge on any atom is 0.0305 e. The summed E-state index contributed by atoms with van der Waals surface area (Å²) in [5.74, 6) is 1.94. The van der Waals surface area contributed by atoms with Crippen molar-refractivity contribution in [3.63, 3.8) is 0 Å². The van der Waals surface area contributed by atoms with Gasteiger partial charge in [-0.3, -0.25) is 0 Å². The maximum absolute atomic E-state index is 3.62. The molecule has 0 bridgehead atoms. The Morgan fingerprint density at radius 1 is 1.22 bits per heavy atom. The zero-order valence-corrected chi connectivity index (χ0v) is 12.4. The molecule has 0 saturated heterocycles. The molecule has 0 aromatic rings. The molecule has 0 aliphatic heterocycles. The lowest BCUT2D eigenvalue weighted by Gasteiger charge is -2.36. The Bertz CT molecular complexity index is 261. The third kappa shape index (κ3) is 3.60. The summed E-state index contributed by atoms with van der Waals surface area (Å²) in [6.07, 6.45) is 16.7. The monoisotopic (exact) mass is 249 g/mol. The first kappa shape index (κ1) is 14.1. The van der Waals surface area contributed by atoms with Gasteiger partial charge in [-0.15, -0.1) is 0 Å². The Labute approximate surface area is 113 Å². The minimum atomic E-state index is 0.688. The fourth-order valence-electron chi connectivity index (χ4n) is 4.09. The van der Waals surface area contributed by atoms with Crippen molar-refractivity contribution in [2.75, 3.05) is 7.05 Å². The predicted molar refractivity (Wildman–Crippen MR) is 79.8 cm³/mol. The van der Waals surface area contributed by atoms with Gasteiger partial charge in [0.05, 0.1) is 0 Å². The van der Waals surface area contributed by atoms with Crippen LogP contribution in [0.25, 0.3) is 0 Å². The first-order valence-electron chi connectivity index (χ1n) is 8.21. The van der Waals surface area contributed by atoms with Gasteiger partial charge >= 0.3 is 0 Å². The van der Waals surface area contributed by atoms with E-state index in [2.05, 4.69) is 25.4 Å². The Balaban J connectivity index is 1.87. The van der Waals surface area contributed by atoms with Gasteiger partial charge < -0.3 is 5.32 Å². The molecule has 1 N–H and O–H groups in total. The second kappa shape index (κ2) is 7.33. The highest BCUT2D eigenvalue weighted by Gasteiger charge is 2.28. The van der Waals surface area contributed by atoms with E-state index < -0.39 is 0 Å². The number of likely N-dealkylation sites (N-methyl/N-ethyl adjacent to an activating group) is 1. The maximum atomic E-state index is 3.62. The van der Waals surface area contributed by atoms with Crippen LogP contribution in [0.5, 0.6) is 0 Å². The number of rotatable bonds is 5. The summed E-state index contributed by atoms with van der Waals surface area (Å²) in [7, 11) is 2.16. The fourth-order valence-corrected chi connectivity index (χ4v) is 4.09. The predicted octanol–water partition coefficient (Wildman–Crippen LogP) is 4.68. The Morgan fingerprint density at radius 3 is 2.56 bits per heavy atom. The van der Waals surface area contributed by atoms with Gasteiger partial charge in [-0.2, -0.15) is 0 Å². The Morgan fingerprint density at radius 2 is 2.00 bits per heavy atom. The molecule has 1 heteroatoms. The highest BCUT2D eigenvalue weighted by Crippen LogP contribution is 2.36. The van der Waals surface area contributed by atoms with Crippen LogP contribution in [0.15, 0.2) is 11.6 Å². The summed E-state index contributed by atoms with van der Waals surface area (Å²) < 4.78 is 0. The SMILES string of the molecule is CCCC1CCC(C(NC)C2=CCCCC2)CC1. The molecule has 2 aliphatic carbocycles. The lowest BCUT2D eigenvalue weighted by Crippen LogP contribution is -2.38. The van der Waals surface area contributed by atoms with Crippen molar-refractivity contribution in [3.05, 3.63) is 11.6 Å². The van der Waals surface area contributed by atoms with Crippen LogP contribution in [0.1, 0.15) is 71.1 Å². The van der Waals surface area contributed by atoms with Gasteiger partial charge in [-0.1, -0.05) is 44.3 Å². The molecule has 2 rings (SSSR count). The van der Waals surface area contributed by atoms with Gasteiger partial charge in [0.1, 0.15) is 0 Å². The average molecular weight is 249 g/mol. The quantitative estimate of drug-likeness (QED) is 0.698. The Hall–Kier alpha value is -0.300. The fraction of sp³-hybridized carbons (Fsp3) is 0.882. The first-order chi connectivity index (χ1) is 8.85. The standard InChI is InChI=1S/C17H31N/c1-3-7-14-10-12-16(13-11-14)17(18-2)15-8-5-4-6-9-15/h8,14,16-18H,3-7,9-13H2,1-2H3. The van der Waals surface area contributed by atoms with E-state index in [1.54, 1.807) is 5.57 Å². The van der Waals surface area contributed by atoms with Gasteiger partial charge in [-0.05, 0) is 57.4 Å². The number of hydrogen-bond acceptors (Lipinski definition) is 1. The van der Waals surface area contributed by atoms with Crippen molar-refractivity contribution in [1.82, 2.24) is 5.32 Å². The third-order valence-electron chi connectivity index (χ3n) is 5.10. The summed E-state index contributed by atoms with van der Waals surface area (Å²) in [5.41, 5.74) is 1.72. The molecule has 1 unspecified atom stereocenters. The average Bonchev–Trinajstić information content (AvgIpc) is 2.43. The Kier molecular flexibility index (Phi) is 5.75. The van der Waals surface area contributed by atoms with Gasteiger partial charge in [0.2, 0.25) is 0 Å². The van der Waals surface area contributed by atoms with Crippen molar-refractivity contribution in [2.24, 2.45) is 11.8 Å². The van der Waals surface area contributed by atoms with Crippen LogP contribution in [-0.4, -0.2) is 13.1 Å². The smallest absolute Gasteiger partial charge is 0.0305 e. The van der Waals surface area contributed by atoms with E-state index in [0.29, 0.717) is 6.04 Å². The molecule has 1 fully saturated rings. The zero-order valence-electron chi connectivity index (χ0n) is 12.4. The van der Waals surface area contributed by atoms with E-state index in [9.17, 15) is 0 Å². The molecule has 1 nitrogen and oxygen atoms in total. The third-order valence-corrected chi connectivity index (χ3v) is 5.10. The molecular weight excluding hydrogens is 218 g/mol. The van der Waals surface area contributed by atoms with E-state index in [1.165, 1.54) is 64.2 Å². The van der Waals surface area contributed by atoms with Gasteiger partial charge in [0.15, 0.2) is 0 Å². The van der Waals surface area contributed by atoms with Crippen LogP contribution < -0.4 is 5.32 Å². The summed E-state index contributed by atoms with van der Waals surface area (Å²) in [4.78, 5) is 0. The molecule has 0 heterocycles. The second-order valence-corrected chi connectivity index (χ2v) is 6.36. The number of allylic oxidation sites excluding steroid dienone is 1. The van der Waals surface area contributed by atoms with Crippen LogP contribution in [0.3, 0.4) is 0 Å². The van der Waals surface area contributed by atoms with E-state index in [-0.39, 0.29) is 0 Å². The molecule has 0 amide bonds. The molecule has 1 saturated carbocycles. The lowest BCUT2D eigenvalue weighted by atomic mass is 9.74. The number of nitrogens with one attached hydrogen (secondary N) is 1. The van der Waals surface area contributed by atoms with E-state index in [0.717, 1.165) is 11.8 Å². The van der Waals surface area contributed by atoms with Crippen molar-refractivity contribution in [3.8, 4) is 0 Å². The molecule has 0 aromatic heterocycles.